The lowest BCUT2D eigenvalue weighted by Crippen LogP contribution is -2.13. The van der Waals surface area contributed by atoms with Crippen LogP contribution in [0.2, 0.25) is 0 Å². The van der Waals surface area contributed by atoms with Crippen LogP contribution >= 0.6 is 0 Å². The largest absolute Gasteiger partial charge is 0.462 e. The molecule has 1 unspecified atom stereocenters. The van der Waals surface area contributed by atoms with E-state index in [1.54, 1.807) is 0 Å². The van der Waals surface area contributed by atoms with Gasteiger partial charge in [-0.05, 0) is 0 Å². The van der Waals surface area contributed by atoms with Crippen molar-refractivity contribution < 1.29 is 9.53 Å². The maximum absolute atomic E-state index is 10.3. The number of ether oxygens (including phenoxy) is 1. The third-order valence-electron chi connectivity index (χ3n) is 1.05. The van der Waals surface area contributed by atoms with E-state index in [1.165, 1.54) is 6.08 Å². The molecule has 0 bridgehead atoms. The fourth-order valence-corrected chi connectivity index (χ4v) is 0.560. The molecule has 0 saturated carbocycles. The van der Waals surface area contributed by atoms with Crippen LogP contribution in [0, 0.1) is 5.92 Å². The van der Waals surface area contributed by atoms with Crippen LogP contribution in [0.3, 0.4) is 0 Å². The van der Waals surface area contributed by atoms with Gasteiger partial charge in [0.1, 0.15) is 0 Å². The van der Waals surface area contributed by atoms with Crippen LogP contribution in [0.1, 0.15) is 6.92 Å². The normalized spacial score (nSPS) is 27.6. The Balaban J connectivity index is 2.55. The van der Waals surface area contributed by atoms with Crippen molar-refractivity contribution >= 4 is 5.97 Å². The van der Waals surface area contributed by atoms with Gasteiger partial charge in [0.15, 0.2) is 0 Å². The molecule has 1 aliphatic rings. The quantitative estimate of drug-likeness (QED) is 0.432. The minimum absolute atomic E-state index is 0.219. The number of cyclic esters (lactones) is 1. The van der Waals surface area contributed by atoms with E-state index in [1.807, 2.05) is 13.0 Å². The van der Waals surface area contributed by atoms with Gasteiger partial charge in [0.25, 0.3) is 0 Å². The van der Waals surface area contributed by atoms with Crippen molar-refractivity contribution in [3.05, 3.63) is 12.2 Å². The SMILES string of the molecule is CC1C=CC(=O)OC1. The van der Waals surface area contributed by atoms with Gasteiger partial charge < -0.3 is 4.74 Å². The van der Waals surface area contributed by atoms with Gasteiger partial charge in [-0.25, -0.2) is 4.79 Å². The van der Waals surface area contributed by atoms with Gasteiger partial charge in [-0.15, -0.1) is 0 Å². The molecule has 0 N–H and O–H groups in total. The summed E-state index contributed by atoms with van der Waals surface area (Å²) in [5, 5.41) is 0. The molecule has 1 rings (SSSR count). The molecule has 1 heterocycles. The lowest BCUT2D eigenvalue weighted by Gasteiger charge is -2.10. The number of carbonyl (C=O) groups is 1. The number of hydrogen-bond donors (Lipinski definition) is 0. The Bertz CT molecular complexity index is 126. The molecule has 0 aromatic heterocycles. The Kier molecular flexibility index (Phi) is 1.33. The smallest absolute Gasteiger partial charge is 0.330 e. The molecule has 0 amide bonds. The summed E-state index contributed by atoms with van der Waals surface area (Å²) in [4.78, 5) is 10.3. The Morgan fingerprint density at radius 2 is 2.62 bits per heavy atom. The molecular weight excluding hydrogens is 104 g/mol. The summed E-state index contributed by atoms with van der Waals surface area (Å²) in [6, 6.07) is 0. The van der Waals surface area contributed by atoms with E-state index in [2.05, 4.69) is 4.74 Å². The summed E-state index contributed by atoms with van der Waals surface area (Å²) in [7, 11) is 0. The maximum Gasteiger partial charge on any atom is 0.330 e. The second kappa shape index (κ2) is 1.99. The van der Waals surface area contributed by atoms with E-state index >= 15 is 0 Å². The first kappa shape index (κ1) is 5.35. The molecule has 2 nitrogen and oxygen atoms in total. The fraction of sp³-hybridized carbons (Fsp3) is 0.500. The van der Waals surface area contributed by atoms with Gasteiger partial charge in [0.05, 0.1) is 6.61 Å². The van der Waals surface area contributed by atoms with Gasteiger partial charge in [0.2, 0.25) is 0 Å². The Labute approximate surface area is 48.1 Å². The van der Waals surface area contributed by atoms with Gasteiger partial charge in [-0.2, -0.15) is 0 Å². The van der Waals surface area contributed by atoms with Crippen molar-refractivity contribution in [3.63, 3.8) is 0 Å². The van der Waals surface area contributed by atoms with Crippen LogP contribution < -0.4 is 0 Å². The first-order valence-electron chi connectivity index (χ1n) is 2.64. The number of hydrogen-bond acceptors (Lipinski definition) is 2. The van der Waals surface area contributed by atoms with Crippen molar-refractivity contribution in [2.75, 3.05) is 6.61 Å². The van der Waals surface area contributed by atoms with Gasteiger partial charge in [-0.1, -0.05) is 13.0 Å². The number of rotatable bonds is 0. The predicted molar refractivity (Wildman–Crippen MR) is 29.3 cm³/mol. The first-order chi connectivity index (χ1) is 3.79. The van der Waals surface area contributed by atoms with Crippen LogP contribution in [0.4, 0.5) is 0 Å². The van der Waals surface area contributed by atoms with Crippen molar-refractivity contribution in [2.45, 2.75) is 6.92 Å². The Morgan fingerprint density at radius 1 is 1.88 bits per heavy atom. The van der Waals surface area contributed by atoms with Crippen LogP contribution in [-0.4, -0.2) is 12.6 Å². The van der Waals surface area contributed by atoms with E-state index in [0.717, 1.165) is 0 Å². The van der Waals surface area contributed by atoms with Crippen LogP contribution in [-0.2, 0) is 9.53 Å². The zero-order valence-electron chi connectivity index (χ0n) is 4.76. The molecule has 0 aliphatic carbocycles. The molecule has 2 heteroatoms. The van der Waals surface area contributed by atoms with Crippen molar-refractivity contribution in [3.8, 4) is 0 Å². The highest BCUT2D eigenvalue weighted by Gasteiger charge is 2.06. The molecule has 0 spiro atoms. The molecule has 0 aromatic rings. The van der Waals surface area contributed by atoms with Crippen LogP contribution in [0.25, 0.3) is 0 Å². The third kappa shape index (κ3) is 1.09. The molecule has 0 radical (unpaired) electrons. The summed E-state index contributed by atoms with van der Waals surface area (Å²) in [5.41, 5.74) is 0. The maximum atomic E-state index is 10.3. The molecule has 1 aliphatic heterocycles. The zero-order valence-corrected chi connectivity index (χ0v) is 4.76. The van der Waals surface area contributed by atoms with Gasteiger partial charge in [0, 0.05) is 12.0 Å². The molecule has 8 heavy (non-hydrogen) atoms. The summed E-state index contributed by atoms with van der Waals surface area (Å²) >= 11 is 0. The highest BCUT2D eigenvalue weighted by molar-refractivity contribution is 5.82. The summed E-state index contributed by atoms with van der Waals surface area (Å²) in [5.74, 6) is 0.177. The monoisotopic (exact) mass is 112 g/mol. The van der Waals surface area contributed by atoms with Crippen molar-refractivity contribution in [2.24, 2.45) is 5.92 Å². The predicted octanol–water partition coefficient (Wildman–Crippen LogP) is 0.736. The van der Waals surface area contributed by atoms with E-state index in [-0.39, 0.29) is 5.97 Å². The average Bonchev–Trinajstić information content (AvgIpc) is 1.77. The second-order valence-electron chi connectivity index (χ2n) is 1.97. The minimum atomic E-state index is -0.219. The van der Waals surface area contributed by atoms with Crippen LogP contribution in [0.15, 0.2) is 12.2 Å². The lowest BCUT2D eigenvalue weighted by atomic mass is 10.1. The van der Waals surface area contributed by atoms with Gasteiger partial charge >= 0.3 is 5.97 Å². The molecule has 1 atom stereocenters. The third-order valence-corrected chi connectivity index (χ3v) is 1.05. The number of esters is 1. The average molecular weight is 112 g/mol. The van der Waals surface area contributed by atoms with Crippen LogP contribution in [0.5, 0.6) is 0 Å². The summed E-state index contributed by atoms with van der Waals surface area (Å²) in [6.07, 6.45) is 3.32. The minimum Gasteiger partial charge on any atom is -0.462 e. The lowest BCUT2D eigenvalue weighted by molar-refractivity contribution is -0.139. The molecular formula is C6H8O2. The Morgan fingerprint density at radius 3 is 3.00 bits per heavy atom. The van der Waals surface area contributed by atoms with Crippen molar-refractivity contribution in [1.29, 1.82) is 0 Å². The summed E-state index contributed by atoms with van der Waals surface area (Å²) < 4.78 is 4.66. The molecule has 0 aromatic carbocycles. The highest BCUT2D eigenvalue weighted by Crippen LogP contribution is 2.03. The second-order valence-corrected chi connectivity index (χ2v) is 1.97. The highest BCUT2D eigenvalue weighted by atomic mass is 16.5. The van der Waals surface area contributed by atoms with E-state index < -0.39 is 0 Å². The number of carbonyl (C=O) groups excluding carboxylic acids is 1. The molecule has 0 saturated heterocycles. The topological polar surface area (TPSA) is 26.3 Å². The van der Waals surface area contributed by atoms with Crippen molar-refractivity contribution in [1.82, 2.24) is 0 Å². The zero-order chi connectivity index (χ0) is 5.98. The van der Waals surface area contributed by atoms with Gasteiger partial charge in [-0.3, -0.25) is 0 Å². The van der Waals surface area contributed by atoms with E-state index in [4.69, 9.17) is 0 Å². The Hall–Kier alpha value is -0.790. The summed E-state index contributed by atoms with van der Waals surface area (Å²) in [6.45, 7) is 2.54. The van der Waals surface area contributed by atoms with E-state index in [0.29, 0.717) is 12.5 Å². The fourth-order valence-electron chi connectivity index (χ4n) is 0.560. The molecule has 0 fully saturated rings. The standard InChI is InChI=1S/C6H8O2/c1-5-2-3-6(7)8-4-5/h2-3,5H,4H2,1H3. The van der Waals surface area contributed by atoms with E-state index in [9.17, 15) is 4.79 Å². The molecule has 44 valence electrons. The first-order valence-corrected chi connectivity index (χ1v) is 2.64.